The zero-order chi connectivity index (χ0) is 19.1. The summed E-state index contributed by atoms with van der Waals surface area (Å²) in [6, 6.07) is 8.18. The summed E-state index contributed by atoms with van der Waals surface area (Å²) < 4.78 is 46.5. The van der Waals surface area contributed by atoms with Crippen molar-refractivity contribution in [3.05, 3.63) is 47.8 Å². The number of rotatable bonds is 3. The molecule has 3 rings (SSSR count). The Labute approximate surface area is 151 Å². The molecular formula is C18H19FN2O4S. The van der Waals surface area contributed by atoms with Crippen LogP contribution in [0.15, 0.2) is 41.3 Å². The normalized spacial score (nSPS) is 16.1. The maximum absolute atomic E-state index is 13.4. The van der Waals surface area contributed by atoms with Crippen LogP contribution in [0.2, 0.25) is 0 Å². The van der Waals surface area contributed by atoms with Crippen LogP contribution >= 0.6 is 0 Å². The number of amides is 1. The van der Waals surface area contributed by atoms with Crippen molar-refractivity contribution in [1.82, 2.24) is 0 Å². The molecule has 26 heavy (non-hydrogen) atoms. The highest BCUT2D eigenvalue weighted by Gasteiger charge is 2.32. The van der Waals surface area contributed by atoms with E-state index in [9.17, 15) is 17.6 Å². The number of hydrogen-bond donors (Lipinski definition) is 2. The van der Waals surface area contributed by atoms with E-state index in [2.05, 4.69) is 10.0 Å². The van der Waals surface area contributed by atoms with E-state index in [0.29, 0.717) is 11.4 Å². The molecule has 0 radical (unpaired) electrons. The maximum atomic E-state index is 13.4. The predicted octanol–water partition coefficient (Wildman–Crippen LogP) is 3.29. The second kappa shape index (κ2) is 6.28. The van der Waals surface area contributed by atoms with Crippen molar-refractivity contribution in [1.29, 1.82) is 0 Å². The number of hydrogen-bond acceptors (Lipinski definition) is 4. The number of benzene rings is 2. The number of aryl methyl sites for hydroxylation is 1. The van der Waals surface area contributed by atoms with Gasteiger partial charge >= 0.3 is 0 Å². The van der Waals surface area contributed by atoms with Gasteiger partial charge in [-0.05, 0) is 62.7 Å². The Balaban J connectivity index is 1.90. The fraction of sp³-hybridized carbons (Fsp3) is 0.278. The number of carbonyl (C=O) groups excluding carboxylic acids is 1. The van der Waals surface area contributed by atoms with Crippen molar-refractivity contribution >= 4 is 27.3 Å². The number of carbonyl (C=O) groups is 1. The number of fused-ring (bicyclic) bond motifs is 1. The van der Waals surface area contributed by atoms with E-state index in [-0.39, 0.29) is 28.7 Å². The minimum Gasteiger partial charge on any atom is -0.490 e. The first-order chi connectivity index (χ1) is 12.1. The van der Waals surface area contributed by atoms with Crippen LogP contribution in [0.3, 0.4) is 0 Å². The summed E-state index contributed by atoms with van der Waals surface area (Å²) in [6.07, 6.45) is 0. The van der Waals surface area contributed by atoms with E-state index in [4.69, 9.17) is 4.74 Å². The Morgan fingerprint density at radius 2 is 1.92 bits per heavy atom. The second-order valence-corrected chi connectivity index (χ2v) is 8.54. The fourth-order valence-electron chi connectivity index (χ4n) is 2.43. The van der Waals surface area contributed by atoms with Gasteiger partial charge in [-0.15, -0.1) is 0 Å². The van der Waals surface area contributed by atoms with Crippen LogP contribution in [0.4, 0.5) is 15.8 Å². The fourth-order valence-corrected chi connectivity index (χ4v) is 3.56. The molecule has 0 aliphatic carbocycles. The van der Waals surface area contributed by atoms with Gasteiger partial charge in [0.15, 0.2) is 0 Å². The van der Waals surface area contributed by atoms with Crippen LogP contribution in [-0.2, 0) is 14.8 Å². The van der Waals surface area contributed by atoms with Gasteiger partial charge in [0, 0.05) is 0 Å². The van der Waals surface area contributed by atoms with Crippen LogP contribution in [0.1, 0.15) is 19.4 Å². The summed E-state index contributed by atoms with van der Waals surface area (Å²) in [4.78, 5) is 12.2. The summed E-state index contributed by atoms with van der Waals surface area (Å²) in [6.45, 7) is 5.22. The average Bonchev–Trinajstić information content (AvgIpc) is 2.66. The lowest BCUT2D eigenvalue weighted by Crippen LogP contribution is -2.33. The summed E-state index contributed by atoms with van der Waals surface area (Å²) >= 11 is 0. The van der Waals surface area contributed by atoms with Gasteiger partial charge in [0.05, 0.1) is 21.7 Å². The van der Waals surface area contributed by atoms with E-state index >= 15 is 0 Å². The van der Waals surface area contributed by atoms with E-state index in [1.54, 1.807) is 19.9 Å². The van der Waals surface area contributed by atoms with Crippen LogP contribution in [0.25, 0.3) is 0 Å². The lowest BCUT2D eigenvalue weighted by molar-refractivity contribution is -0.124. The van der Waals surface area contributed by atoms with Crippen molar-refractivity contribution in [2.24, 2.45) is 5.41 Å². The van der Waals surface area contributed by atoms with Gasteiger partial charge in [-0.3, -0.25) is 9.52 Å². The number of nitrogens with one attached hydrogen (secondary N) is 2. The molecule has 0 atom stereocenters. The molecule has 1 aliphatic rings. The Bertz CT molecular complexity index is 987. The van der Waals surface area contributed by atoms with Gasteiger partial charge < -0.3 is 10.1 Å². The van der Waals surface area contributed by atoms with Crippen LogP contribution < -0.4 is 14.8 Å². The van der Waals surface area contributed by atoms with E-state index in [1.165, 1.54) is 31.2 Å². The first-order valence-electron chi connectivity index (χ1n) is 7.96. The van der Waals surface area contributed by atoms with Crippen LogP contribution in [0, 0.1) is 18.2 Å². The molecule has 2 aromatic rings. The molecule has 8 heteroatoms. The third-order valence-electron chi connectivity index (χ3n) is 4.12. The highest BCUT2D eigenvalue weighted by Crippen LogP contribution is 2.34. The monoisotopic (exact) mass is 378 g/mol. The Hall–Kier alpha value is -2.61. The third kappa shape index (κ3) is 3.50. The van der Waals surface area contributed by atoms with Crippen molar-refractivity contribution in [3.63, 3.8) is 0 Å². The molecule has 0 saturated carbocycles. The Kier molecular flexibility index (Phi) is 4.39. The maximum Gasteiger partial charge on any atom is 0.261 e. The number of anilines is 2. The topological polar surface area (TPSA) is 84.5 Å². The van der Waals surface area contributed by atoms with Gasteiger partial charge in [-0.25, -0.2) is 12.8 Å². The first kappa shape index (κ1) is 18.2. The lowest BCUT2D eigenvalue weighted by Gasteiger charge is -2.18. The Morgan fingerprint density at radius 3 is 2.62 bits per heavy atom. The molecule has 1 aliphatic heterocycles. The molecule has 1 amide bonds. The van der Waals surface area contributed by atoms with Crippen molar-refractivity contribution in [3.8, 4) is 5.75 Å². The van der Waals surface area contributed by atoms with Crippen LogP contribution in [-0.4, -0.2) is 20.9 Å². The molecule has 2 N–H and O–H groups in total. The third-order valence-corrected chi connectivity index (χ3v) is 5.50. The largest absolute Gasteiger partial charge is 0.490 e. The van der Waals surface area contributed by atoms with Gasteiger partial charge in [-0.2, -0.15) is 0 Å². The Morgan fingerprint density at radius 1 is 1.19 bits per heavy atom. The highest BCUT2D eigenvalue weighted by molar-refractivity contribution is 7.92. The number of sulfonamides is 1. The van der Waals surface area contributed by atoms with E-state index in [0.717, 1.165) is 6.07 Å². The zero-order valence-corrected chi connectivity index (χ0v) is 15.4. The molecule has 0 fully saturated rings. The van der Waals surface area contributed by atoms with E-state index < -0.39 is 21.3 Å². The first-order valence-corrected chi connectivity index (χ1v) is 9.44. The minimum atomic E-state index is -3.89. The van der Waals surface area contributed by atoms with Gasteiger partial charge in [0.1, 0.15) is 18.2 Å². The lowest BCUT2D eigenvalue weighted by atomic mass is 9.94. The molecule has 138 valence electrons. The van der Waals surface area contributed by atoms with E-state index in [1.807, 2.05) is 0 Å². The number of halogens is 1. The quantitative estimate of drug-likeness (QED) is 0.858. The number of ether oxygens (including phenoxy) is 1. The molecule has 0 unspecified atom stereocenters. The van der Waals surface area contributed by atoms with Crippen LogP contribution in [0.5, 0.6) is 5.75 Å². The van der Waals surface area contributed by atoms with Gasteiger partial charge in [0.2, 0.25) is 5.91 Å². The van der Waals surface area contributed by atoms with Crippen molar-refractivity contribution < 1.29 is 22.3 Å². The summed E-state index contributed by atoms with van der Waals surface area (Å²) in [5.41, 5.74) is 0.174. The summed E-state index contributed by atoms with van der Waals surface area (Å²) in [5, 5.41) is 2.75. The van der Waals surface area contributed by atoms with Gasteiger partial charge in [-0.1, -0.05) is 0 Å². The molecule has 0 saturated heterocycles. The standard InChI is InChI=1S/C18H19FN2O4S/c1-11-8-13(5-6-14(11)19)26(23,24)21-12-4-7-16-15(9-12)20-17(22)18(2,3)10-25-16/h4-9,21H,10H2,1-3H3,(H,20,22). The second-order valence-electron chi connectivity index (χ2n) is 6.85. The molecule has 1 heterocycles. The molecule has 0 spiro atoms. The summed E-state index contributed by atoms with van der Waals surface area (Å²) in [7, 11) is -3.89. The van der Waals surface area contributed by atoms with Crippen molar-refractivity contribution in [2.75, 3.05) is 16.6 Å². The predicted molar refractivity (Wildman–Crippen MR) is 96.3 cm³/mol. The molecule has 0 aromatic heterocycles. The molecule has 2 aromatic carbocycles. The highest BCUT2D eigenvalue weighted by atomic mass is 32.2. The molecule has 6 nitrogen and oxygen atoms in total. The minimum absolute atomic E-state index is 0.0484. The molecular weight excluding hydrogens is 359 g/mol. The SMILES string of the molecule is Cc1cc(S(=O)(=O)Nc2ccc3c(c2)NC(=O)C(C)(C)CO3)ccc1F. The van der Waals surface area contributed by atoms with Crippen molar-refractivity contribution in [2.45, 2.75) is 25.7 Å². The average molecular weight is 378 g/mol. The molecule has 0 bridgehead atoms. The zero-order valence-electron chi connectivity index (χ0n) is 14.6. The van der Waals surface area contributed by atoms with Gasteiger partial charge in [0.25, 0.3) is 10.0 Å². The summed E-state index contributed by atoms with van der Waals surface area (Å²) in [5.74, 6) is -0.230. The smallest absolute Gasteiger partial charge is 0.261 e.